The van der Waals surface area contributed by atoms with Crippen molar-refractivity contribution in [1.82, 2.24) is 0 Å². The fourth-order valence-corrected chi connectivity index (χ4v) is 7.86. The molecule has 1 heterocycles. The highest BCUT2D eigenvalue weighted by molar-refractivity contribution is 6.11. The smallest absolute Gasteiger partial charge is 0.159 e. The number of nitrogens with zero attached hydrogens (tertiary/aromatic N) is 1. The minimum Gasteiger partial charge on any atom is -0.454 e. The molecule has 10 aromatic rings. The second-order valence-corrected chi connectivity index (χ2v) is 13.7. The molecule has 0 radical (unpaired) electrons. The molecule has 2 heteroatoms. The maximum Gasteiger partial charge on any atom is 0.159 e. The summed E-state index contributed by atoms with van der Waals surface area (Å²) in [6, 6.07) is 75.9. The van der Waals surface area contributed by atoms with Crippen molar-refractivity contribution < 1.29 is 4.42 Å². The first-order chi connectivity index (χ1) is 26.8. The molecule has 2 nitrogen and oxygen atoms in total. The zero-order valence-corrected chi connectivity index (χ0v) is 29.6. The first-order valence-corrected chi connectivity index (χ1v) is 18.4. The molecule has 0 fully saturated rings. The Kier molecular flexibility index (Phi) is 7.85. The van der Waals surface area contributed by atoms with E-state index < -0.39 is 0 Å². The molecular weight excluding hydrogens is 655 g/mol. The summed E-state index contributed by atoms with van der Waals surface area (Å²) in [4.78, 5) is 2.38. The highest BCUT2D eigenvalue weighted by Crippen LogP contribution is 2.47. The second-order valence-electron chi connectivity index (χ2n) is 13.7. The molecule has 0 bridgehead atoms. The van der Waals surface area contributed by atoms with Crippen LogP contribution in [0.4, 0.5) is 17.1 Å². The number of hydrogen-bond donors (Lipinski definition) is 0. The number of fused-ring (bicyclic) bond motifs is 4. The molecule has 1 aromatic heterocycles. The Morgan fingerprint density at radius 1 is 0.315 bits per heavy atom. The minimum absolute atomic E-state index is 0.854. The highest BCUT2D eigenvalue weighted by Gasteiger charge is 2.23. The van der Waals surface area contributed by atoms with E-state index in [-0.39, 0.29) is 0 Å². The first kappa shape index (κ1) is 31.6. The van der Waals surface area contributed by atoms with Gasteiger partial charge in [0.25, 0.3) is 0 Å². The number of anilines is 3. The standard InChI is InChI=1S/C52H35NO/c1-3-16-37(17-4-1)44-32-31-43(35-48(44)38-18-5-2-6-19-38)53(50-27-14-25-47-46-24-10-12-28-51(46)54-52(47)50)49-26-11-9-23-45(49)42-22-13-21-40(34-42)41-30-29-36-15-7-8-20-39(36)33-41/h1-35H. The van der Waals surface area contributed by atoms with Gasteiger partial charge in [0, 0.05) is 22.0 Å². The van der Waals surface area contributed by atoms with Crippen LogP contribution in [0, 0.1) is 0 Å². The quantitative estimate of drug-likeness (QED) is 0.166. The molecule has 254 valence electrons. The second kappa shape index (κ2) is 13.4. The van der Waals surface area contributed by atoms with Crippen LogP contribution in [0.25, 0.3) is 77.2 Å². The molecule has 0 spiro atoms. The predicted molar refractivity (Wildman–Crippen MR) is 228 cm³/mol. The van der Waals surface area contributed by atoms with E-state index in [0.717, 1.165) is 61.3 Å². The van der Waals surface area contributed by atoms with Crippen molar-refractivity contribution in [2.75, 3.05) is 4.90 Å². The Labute approximate surface area is 314 Å². The molecule has 0 amide bonds. The topological polar surface area (TPSA) is 16.4 Å². The fourth-order valence-electron chi connectivity index (χ4n) is 7.86. The van der Waals surface area contributed by atoms with E-state index >= 15 is 0 Å². The molecule has 0 atom stereocenters. The van der Waals surface area contributed by atoms with Crippen LogP contribution in [0.1, 0.15) is 0 Å². The van der Waals surface area contributed by atoms with Gasteiger partial charge in [0.05, 0.1) is 11.4 Å². The summed E-state index contributed by atoms with van der Waals surface area (Å²) in [6.45, 7) is 0. The molecule has 9 aromatic carbocycles. The molecule has 0 saturated heterocycles. The van der Waals surface area contributed by atoms with Crippen LogP contribution in [-0.4, -0.2) is 0 Å². The van der Waals surface area contributed by atoms with E-state index in [0.29, 0.717) is 0 Å². The normalized spacial score (nSPS) is 11.3. The maximum absolute atomic E-state index is 6.73. The van der Waals surface area contributed by atoms with Crippen molar-refractivity contribution in [2.45, 2.75) is 0 Å². The number of furan rings is 1. The van der Waals surface area contributed by atoms with Crippen molar-refractivity contribution in [3.63, 3.8) is 0 Å². The Bertz CT molecular complexity index is 2940. The van der Waals surface area contributed by atoms with Gasteiger partial charge in [-0.3, -0.25) is 0 Å². The van der Waals surface area contributed by atoms with E-state index in [1.165, 1.54) is 33.0 Å². The van der Waals surface area contributed by atoms with Crippen molar-refractivity contribution in [3.8, 4) is 44.5 Å². The zero-order valence-electron chi connectivity index (χ0n) is 29.6. The molecule has 10 rings (SSSR count). The lowest BCUT2D eigenvalue weighted by molar-refractivity contribution is 0.669. The monoisotopic (exact) mass is 689 g/mol. The van der Waals surface area contributed by atoms with Gasteiger partial charge >= 0.3 is 0 Å². The average Bonchev–Trinajstić information content (AvgIpc) is 3.64. The predicted octanol–water partition coefficient (Wildman–Crippen LogP) is 14.9. The summed E-state index contributed by atoms with van der Waals surface area (Å²) >= 11 is 0. The van der Waals surface area contributed by atoms with Gasteiger partial charge in [-0.15, -0.1) is 0 Å². The minimum atomic E-state index is 0.854. The Balaban J connectivity index is 1.21. The van der Waals surface area contributed by atoms with Gasteiger partial charge in [-0.2, -0.15) is 0 Å². The third-order valence-electron chi connectivity index (χ3n) is 10.5. The van der Waals surface area contributed by atoms with Gasteiger partial charge in [0.1, 0.15) is 5.58 Å². The molecule has 0 saturated carbocycles. The van der Waals surface area contributed by atoms with Crippen molar-refractivity contribution in [3.05, 3.63) is 212 Å². The van der Waals surface area contributed by atoms with Gasteiger partial charge in [-0.05, 0) is 92.2 Å². The Hall–Kier alpha value is -7.16. The molecule has 0 N–H and O–H groups in total. The van der Waals surface area contributed by atoms with E-state index in [4.69, 9.17) is 4.42 Å². The Morgan fingerprint density at radius 3 is 1.78 bits per heavy atom. The summed E-state index contributed by atoms with van der Waals surface area (Å²) in [6.07, 6.45) is 0. The lowest BCUT2D eigenvalue weighted by Crippen LogP contribution is -2.12. The molecule has 0 aliphatic carbocycles. The van der Waals surface area contributed by atoms with Crippen molar-refractivity contribution in [2.24, 2.45) is 0 Å². The summed E-state index contributed by atoms with van der Waals surface area (Å²) in [5.74, 6) is 0. The number of para-hydroxylation sites is 3. The third-order valence-corrected chi connectivity index (χ3v) is 10.5. The number of hydrogen-bond acceptors (Lipinski definition) is 2. The summed E-state index contributed by atoms with van der Waals surface area (Å²) in [7, 11) is 0. The van der Waals surface area contributed by atoms with Gasteiger partial charge in [-0.1, -0.05) is 170 Å². The lowest BCUT2D eigenvalue weighted by atomic mass is 9.93. The van der Waals surface area contributed by atoms with Gasteiger partial charge in [0.15, 0.2) is 5.58 Å². The summed E-state index contributed by atoms with van der Waals surface area (Å²) in [5.41, 5.74) is 14.1. The van der Waals surface area contributed by atoms with Crippen LogP contribution in [0.3, 0.4) is 0 Å². The third kappa shape index (κ3) is 5.62. The van der Waals surface area contributed by atoms with Crippen LogP contribution >= 0.6 is 0 Å². The van der Waals surface area contributed by atoms with E-state index in [1.54, 1.807) is 0 Å². The number of benzene rings is 9. The van der Waals surface area contributed by atoms with Gasteiger partial charge in [0.2, 0.25) is 0 Å². The van der Waals surface area contributed by atoms with Crippen molar-refractivity contribution >= 4 is 49.8 Å². The molecule has 0 aliphatic heterocycles. The molecule has 54 heavy (non-hydrogen) atoms. The fraction of sp³-hybridized carbons (Fsp3) is 0. The van der Waals surface area contributed by atoms with Crippen LogP contribution in [-0.2, 0) is 0 Å². The van der Waals surface area contributed by atoms with Crippen LogP contribution < -0.4 is 4.90 Å². The first-order valence-electron chi connectivity index (χ1n) is 18.4. The largest absolute Gasteiger partial charge is 0.454 e. The Morgan fingerprint density at radius 2 is 0.926 bits per heavy atom. The van der Waals surface area contributed by atoms with Gasteiger partial charge in [-0.25, -0.2) is 0 Å². The summed E-state index contributed by atoms with van der Waals surface area (Å²) < 4.78 is 6.73. The van der Waals surface area contributed by atoms with E-state index in [2.05, 4.69) is 211 Å². The maximum atomic E-state index is 6.73. The zero-order chi connectivity index (χ0) is 35.8. The summed E-state index contributed by atoms with van der Waals surface area (Å²) in [5, 5.41) is 4.67. The lowest BCUT2D eigenvalue weighted by Gasteiger charge is -2.29. The van der Waals surface area contributed by atoms with Crippen LogP contribution in [0.15, 0.2) is 217 Å². The van der Waals surface area contributed by atoms with E-state index in [1.807, 2.05) is 6.07 Å². The van der Waals surface area contributed by atoms with Crippen molar-refractivity contribution in [1.29, 1.82) is 0 Å². The van der Waals surface area contributed by atoms with Crippen LogP contribution in [0.5, 0.6) is 0 Å². The van der Waals surface area contributed by atoms with Gasteiger partial charge < -0.3 is 9.32 Å². The SMILES string of the molecule is c1ccc(-c2ccc(N(c3ccccc3-c3cccc(-c4ccc5ccccc5c4)c3)c3cccc4c3oc3ccccc34)cc2-c2ccccc2)cc1. The molecule has 0 aliphatic rings. The average molecular weight is 690 g/mol. The highest BCUT2D eigenvalue weighted by atomic mass is 16.3. The number of rotatable bonds is 7. The van der Waals surface area contributed by atoms with Crippen LogP contribution in [0.2, 0.25) is 0 Å². The molecule has 0 unspecified atom stereocenters. The molecular formula is C52H35NO. The van der Waals surface area contributed by atoms with E-state index in [9.17, 15) is 0 Å².